The average molecular weight is 375 g/mol. The number of anilines is 1. The van der Waals surface area contributed by atoms with E-state index in [1.807, 2.05) is 30.3 Å². The van der Waals surface area contributed by atoms with E-state index in [0.717, 1.165) is 5.56 Å². The quantitative estimate of drug-likeness (QED) is 0.535. The van der Waals surface area contributed by atoms with Crippen LogP contribution < -0.4 is 11.1 Å². The molecule has 146 valence electrons. The Morgan fingerprint density at radius 3 is 2.48 bits per heavy atom. The lowest BCUT2D eigenvalue weighted by molar-refractivity contribution is -0.00307. The second kappa shape index (κ2) is 8.92. The third-order valence-electron chi connectivity index (χ3n) is 4.32. The topological polar surface area (TPSA) is 108 Å². The molecule has 1 heterocycles. The summed E-state index contributed by atoms with van der Waals surface area (Å²) < 4.78 is 14.3. The molecule has 0 bridgehead atoms. The van der Waals surface area contributed by atoms with E-state index in [0.29, 0.717) is 12.1 Å². The van der Waals surface area contributed by atoms with Crippen LogP contribution in [0.25, 0.3) is 0 Å². The first-order chi connectivity index (χ1) is 12.7. The van der Waals surface area contributed by atoms with Gasteiger partial charge in [0.15, 0.2) is 0 Å². The van der Waals surface area contributed by atoms with Crippen LogP contribution in [-0.2, 0) is 12.8 Å². The average Bonchev–Trinajstić information content (AvgIpc) is 2.61. The highest BCUT2D eigenvalue weighted by atomic mass is 19.1. The van der Waals surface area contributed by atoms with Crippen LogP contribution >= 0.6 is 0 Å². The van der Waals surface area contributed by atoms with Crippen LogP contribution in [0.1, 0.15) is 35.5 Å². The molecule has 1 aromatic heterocycles. The second-order valence-electron chi connectivity index (χ2n) is 7.08. The number of aliphatic hydroxyl groups excluding tert-OH is 1. The lowest BCUT2D eigenvalue weighted by Gasteiger charge is -2.24. The Labute approximate surface area is 158 Å². The number of carbonyl (C=O) groups excluding carboxylic acids is 1. The minimum absolute atomic E-state index is 0.0657. The highest BCUT2D eigenvalue weighted by Crippen LogP contribution is 2.24. The van der Waals surface area contributed by atoms with E-state index in [1.165, 1.54) is 20.0 Å². The van der Waals surface area contributed by atoms with Crippen molar-refractivity contribution in [2.24, 2.45) is 5.73 Å². The van der Waals surface area contributed by atoms with Crippen molar-refractivity contribution >= 4 is 11.6 Å². The highest BCUT2D eigenvalue weighted by Gasteiger charge is 2.29. The van der Waals surface area contributed by atoms with Gasteiger partial charge in [-0.2, -0.15) is 0 Å². The summed E-state index contributed by atoms with van der Waals surface area (Å²) >= 11 is 0. The highest BCUT2D eigenvalue weighted by molar-refractivity contribution is 5.99. The van der Waals surface area contributed by atoms with Gasteiger partial charge in [0.2, 0.25) is 0 Å². The molecule has 5 N–H and O–H groups in total. The molecule has 0 radical (unpaired) electrons. The zero-order chi connectivity index (χ0) is 20.0. The zero-order valence-corrected chi connectivity index (χ0v) is 15.5. The molecule has 7 heteroatoms. The van der Waals surface area contributed by atoms with Gasteiger partial charge in [0.25, 0.3) is 5.91 Å². The van der Waals surface area contributed by atoms with Crippen molar-refractivity contribution in [3.63, 3.8) is 0 Å². The maximum absolute atomic E-state index is 14.3. The second-order valence-corrected chi connectivity index (χ2v) is 7.08. The third kappa shape index (κ3) is 5.74. The van der Waals surface area contributed by atoms with E-state index in [2.05, 4.69) is 10.3 Å². The number of aliphatic hydroxyl groups is 2. The van der Waals surface area contributed by atoms with Crippen molar-refractivity contribution in [3.05, 3.63) is 59.4 Å². The van der Waals surface area contributed by atoms with Gasteiger partial charge < -0.3 is 21.3 Å². The van der Waals surface area contributed by atoms with Gasteiger partial charge >= 0.3 is 0 Å². The summed E-state index contributed by atoms with van der Waals surface area (Å²) in [5.41, 5.74) is 5.56. The van der Waals surface area contributed by atoms with Gasteiger partial charge in [-0.25, -0.2) is 4.39 Å². The van der Waals surface area contributed by atoms with E-state index < -0.39 is 17.7 Å². The number of nitrogens with zero attached hydrogens (tertiary/aromatic N) is 1. The van der Waals surface area contributed by atoms with Crippen molar-refractivity contribution in [1.82, 2.24) is 4.98 Å². The summed E-state index contributed by atoms with van der Waals surface area (Å²) in [5, 5.41) is 22.6. The number of nitrogens with two attached hydrogens (primary N) is 1. The van der Waals surface area contributed by atoms with Crippen LogP contribution in [0.3, 0.4) is 0 Å². The summed E-state index contributed by atoms with van der Waals surface area (Å²) in [7, 11) is 0. The Hall–Kier alpha value is -2.51. The van der Waals surface area contributed by atoms with Crippen LogP contribution in [0.15, 0.2) is 42.6 Å². The predicted molar refractivity (Wildman–Crippen MR) is 102 cm³/mol. The lowest BCUT2D eigenvalue weighted by atomic mass is 9.96. The van der Waals surface area contributed by atoms with Crippen molar-refractivity contribution in [2.45, 2.75) is 44.5 Å². The van der Waals surface area contributed by atoms with Gasteiger partial charge in [-0.3, -0.25) is 9.78 Å². The van der Waals surface area contributed by atoms with Gasteiger partial charge in [-0.05, 0) is 31.9 Å². The number of pyridine rings is 1. The predicted octanol–water partition coefficient (Wildman–Crippen LogP) is 1.85. The number of primary amides is 1. The van der Waals surface area contributed by atoms with Gasteiger partial charge in [0, 0.05) is 12.6 Å². The molecule has 0 saturated carbocycles. The fourth-order valence-corrected chi connectivity index (χ4v) is 2.75. The largest absolute Gasteiger partial charge is 0.394 e. The minimum Gasteiger partial charge on any atom is -0.394 e. The lowest BCUT2D eigenvalue weighted by Crippen LogP contribution is -2.35. The first kappa shape index (κ1) is 20.8. The number of hydrogen-bond donors (Lipinski definition) is 4. The summed E-state index contributed by atoms with van der Waals surface area (Å²) in [6.45, 7) is 2.54. The fraction of sp³-hybridized carbons (Fsp3) is 0.400. The first-order valence-corrected chi connectivity index (χ1v) is 8.77. The fourth-order valence-electron chi connectivity index (χ4n) is 2.75. The summed E-state index contributed by atoms with van der Waals surface area (Å²) in [6.07, 6.45) is 0.108. The van der Waals surface area contributed by atoms with E-state index in [9.17, 15) is 19.4 Å². The summed E-state index contributed by atoms with van der Waals surface area (Å²) in [6, 6.07) is 10.8. The summed E-state index contributed by atoms with van der Waals surface area (Å²) in [5.74, 6) is -0.750. The molecule has 0 fully saturated rings. The number of carbonyl (C=O) groups is 1. The van der Waals surface area contributed by atoms with Crippen LogP contribution in [-0.4, -0.2) is 45.5 Å². The molecule has 0 saturated heterocycles. The number of amides is 1. The summed E-state index contributed by atoms with van der Waals surface area (Å²) in [4.78, 5) is 16.1. The standard InChI is InChI=1S/C20H26FN3O3/c1-20(2,27)17(21)11-16-18(19(22)26)15(8-9-23-16)24-14(12-25)10-13-6-4-3-5-7-13/h3-9,14,17,25,27H,10-12H2,1-2H3,(H2,22,26)(H,23,24)/t14-,17-/m1/s1. The number of benzene rings is 1. The third-order valence-corrected chi connectivity index (χ3v) is 4.32. The molecule has 0 spiro atoms. The van der Waals surface area contributed by atoms with E-state index in [1.54, 1.807) is 6.07 Å². The van der Waals surface area contributed by atoms with Gasteiger partial charge in [0.05, 0.1) is 35.2 Å². The Kier molecular flexibility index (Phi) is 6.87. The van der Waals surface area contributed by atoms with Gasteiger partial charge in [0.1, 0.15) is 6.17 Å². The number of nitrogens with one attached hydrogen (secondary N) is 1. The minimum atomic E-state index is -1.61. The van der Waals surface area contributed by atoms with Crippen LogP contribution in [0.2, 0.25) is 0 Å². The van der Waals surface area contributed by atoms with Gasteiger partial charge in [-0.1, -0.05) is 30.3 Å². The van der Waals surface area contributed by atoms with Crippen molar-refractivity contribution in [2.75, 3.05) is 11.9 Å². The number of hydrogen-bond acceptors (Lipinski definition) is 5. The first-order valence-electron chi connectivity index (χ1n) is 8.77. The molecular formula is C20H26FN3O3. The Morgan fingerprint density at radius 1 is 1.26 bits per heavy atom. The van der Waals surface area contributed by atoms with Crippen LogP contribution in [0, 0.1) is 0 Å². The Balaban J connectivity index is 2.27. The molecule has 0 aliphatic heterocycles. The zero-order valence-electron chi connectivity index (χ0n) is 15.5. The Morgan fingerprint density at radius 2 is 1.93 bits per heavy atom. The van der Waals surface area contributed by atoms with E-state index in [-0.39, 0.29) is 30.3 Å². The van der Waals surface area contributed by atoms with Crippen LogP contribution in [0.5, 0.6) is 0 Å². The molecule has 6 nitrogen and oxygen atoms in total. The molecule has 0 aliphatic carbocycles. The molecule has 2 aromatic rings. The number of aromatic nitrogens is 1. The molecule has 2 atom stereocenters. The molecule has 1 aromatic carbocycles. The molecule has 1 amide bonds. The Bertz CT molecular complexity index is 763. The number of alkyl halides is 1. The monoisotopic (exact) mass is 375 g/mol. The smallest absolute Gasteiger partial charge is 0.252 e. The molecule has 27 heavy (non-hydrogen) atoms. The SMILES string of the molecule is CC(C)(O)[C@H](F)Cc1nccc(N[C@@H](CO)Cc2ccccc2)c1C(N)=O. The van der Waals surface area contributed by atoms with E-state index in [4.69, 9.17) is 5.73 Å². The van der Waals surface area contributed by atoms with Crippen molar-refractivity contribution in [1.29, 1.82) is 0 Å². The number of rotatable bonds is 9. The maximum Gasteiger partial charge on any atom is 0.252 e. The van der Waals surface area contributed by atoms with Crippen molar-refractivity contribution < 1.29 is 19.4 Å². The molecule has 0 unspecified atom stereocenters. The molecular weight excluding hydrogens is 349 g/mol. The maximum atomic E-state index is 14.3. The molecule has 0 aliphatic rings. The van der Waals surface area contributed by atoms with E-state index >= 15 is 0 Å². The van der Waals surface area contributed by atoms with Crippen LogP contribution in [0.4, 0.5) is 10.1 Å². The van der Waals surface area contributed by atoms with Gasteiger partial charge in [-0.15, -0.1) is 0 Å². The number of halogens is 1. The van der Waals surface area contributed by atoms with Crippen molar-refractivity contribution in [3.8, 4) is 0 Å². The normalized spacial score (nSPS) is 13.8. The molecule has 2 rings (SSSR count).